The van der Waals surface area contributed by atoms with Gasteiger partial charge in [0, 0.05) is 6.04 Å². The minimum absolute atomic E-state index is 0.0617. The number of hydrogen-bond acceptors (Lipinski definition) is 1. The van der Waals surface area contributed by atoms with E-state index < -0.39 is 11.7 Å². The van der Waals surface area contributed by atoms with E-state index in [0.717, 1.165) is 24.8 Å². The average Bonchev–Trinajstić information content (AvgIpc) is 2.31. The van der Waals surface area contributed by atoms with Crippen molar-refractivity contribution in [2.75, 3.05) is 0 Å². The van der Waals surface area contributed by atoms with Crippen LogP contribution in [0.5, 0.6) is 0 Å². The Labute approximate surface area is 112 Å². The Hall–Kier alpha value is -1.03. The molecule has 0 spiro atoms. The van der Waals surface area contributed by atoms with Crippen LogP contribution in [-0.4, -0.2) is 6.04 Å². The molecular formula is C15H20F3N. The highest BCUT2D eigenvalue weighted by Crippen LogP contribution is 2.38. The van der Waals surface area contributed by atoms with Crippen molar-refractivity contribution >= 4 is 0 Å². The predicted molar refractivity (Wildman–Crippen MR) is 69.9 cm³/mol. The first-order valence-electron chi connectivity index (χ1n) is 6.72. The van der Waals surface area contributed by atoms with E-state index in [1.165, 1.54) is 12.1 Å². The largest absolute Gasteiger partial charge is 0.416 e. The normalized spacial score (nSPS) is 28.4. The SMILES string of the molecule is Cc1cc(C(F)(F)F)ccc1C1CC(C)CCC1N. The van der Waals surface area contributed by atoms with Crippen molar-refractivity contribution in [2.24, 2.45) is 11.7 Å². The third-order valence-electron chi connectivity index (χ3n) is 4.16. The molecule has 4 heteroatoms. The van der Waals surface area contributed by atoms with Gasteiger partial charge in [0.05, 0.1) is 5.56 Å². The molecule has 1 saturated carbocycles. The molecule has 0 aromatic heterocycles. The Morgan fingerprint density at radius 3 is 2.47 bits per heavy atom. The fourth-order valence-corrected chi connectivity index (χ4v) is 3.03. The lowest BCUT2D eigenvalue weighted by atomic mass is 9.74. The minimum atomic E-state index is -4.27. The summed E-state index contributed by atoms with van der Waals surface area (Å²) < 4.78 is 38.0. The van der Waals surface area contributed by atoms with Gasteiger partial charge in [0.25, 0.3) is 0 Å². The van der Waals surface area contributed by atoms with Gasteiger partial charge >= 0.3 is 6.18 Å². The monoisotopic (exact) mass is 271 g/mol. The van der Waals surface area contributed by atoms with E-state index in [1.807, 2.05) is 0 Å². The van der Waals surface area contributed by atoms with Crippen LogP contribution in [0, 0.1) is 12.8 Å². The Bertz CT molecular complexity index is 453. The standard InChI is InChI=1S/C15H20F3N/c1-9-3-6-14(19)13(7-9)12-5-4-11(8-10(12)2)15(16,17)18/h4-5,8-9,13-14H,3,6-7,19H2,1-2H3. The van der Waals surface area contributed by atoms with Gasteiger partial charge in [-0.1, -0.05) is 13.0 Å². The first-order valence-corrected chi connectivity index (χ1v) is 6.72. The van der Waals surface area contributed by atoms with Crippen molar-refractivity contribution in [3.05, 3.63) is 34.9 Å². The first-order chi connectivity index (χ1) is 8.79. The zero-order valence-electron chi connectivity index (χ0n) is 11.3. The fourth-order valence-electron chi connectivity index (χ4n) is 3.03. The molecule has 1 fully saturated rings. The lowest BCUT2D eigenvalue weighted by Gasteiger charge is -2.34. The van der Waals surface area contributed by atoms with Gasteiger partial charge in [-0.15, -0.1) is 0 Å². The van der Waals surface area contributed by atoms with Crippen LogP contribution in [0.15, 0.2) is 18.2 Å². The van der Waals surface area contributed by atoms with E-state index in [0.29, 0.717) is 11.5 Å². The highest BCUT2D eigenvalue weighted by atomic mass is 19.4. The molecule has 2 N–H and O–H groups in total. The van der Waals surface area contributed by atoms with Gasteiger partial charge in [-0.2, -0.15) is 13.2 Å². The maximum atomic E-state index is 12.7. The molecule has 19 heavy (non-hydrogen) atoms. The number of benzene rings is 1. The maximum absolute atomic E-state index is 12.7. The Morgan fingerprint density at radius 2 is 1.89 bits per heavy atom. The smallest absolute Gasteiger partial charge is 0.327 e. The molecule has 3 unspecified atom stereocenters. The third-order valence-corrected chi connectivity index (χ3v) is 4.16. The van der Waals surface area contributed by atoms with Crippen LogP contribution in [-0.2, 0) is 6.18 Å². The molecule has 0 aliphatic heterocycles. The first kappa shape index (κ1) is 14.4. The van der Waals surface area contributed by atoms with Crippen molar-refractivity contribution < 1.29 is 13.2 Å². The summed E-state index contributed by atoms with van der Waals surface area (Å²) >= 11 is 0. The van der Waals surface area contributed by atoms with E-state index in [9.17, 15) is 13.2 Å². The van der Waals surface area contributed by atoms with Crippen molar-refractivity contribution in [1.29, 1.82) is 0 Å². The quantitative estimate of drug-likeness (QED) is 0.812. The van der Waals surface area contributed by atoms with Crippen LogP contribution in [0.1, 0.15) is 48.8 Å². The molecule has 2 rings (SSSR count). The summed E-state index contributed by atoms with van der Waals surface area (Å²) in [6, 6.07) is 4.09. The van der Waals surface area contributed by atoms with E-state index >= 15 is 0 Å². The molecule has 0 heterocycles. The van der Waals surface area contributed by atoms with E-state index in [1.54, 1.807) is 13.0 Å². The van der Waals surface area contributed by atoms with Crippen LogP contribution >= 0.6 is 0 Å². The topological polar surface area (TPSA) is 26.0 Å². The molecule has 0 bridgehead atoms. The van der Waals surface area contributed by atoms with Crippen molar-refractivity contribution in [3.63, 3.8) is 0 Å². The predicted octanol–water partition coefficient (Wildman–Crippen LogP) is 4.24. The molecule has 106 valence electrons. The van der Waals surface area contributed by atoms with Crippen LogP contribution in [0.3, 0.4) is 0 Å². The summed E-state index contributed by atoms with van der Waals surface area (Å²) in [7, 11) is 0. The second kappa shape index (κ2) is 5.16. The Morgan fingerprint density at radius 1 is 1.21 bits per heavy atom. The molecule has 1 nitrogen and oxygen atoms in total. The van der Waals surface area contributed by atoms with E-state index in [4.69, 9.17) is 5.73 Å². The molecule has 0 saturated heterocycles. The number of nitrogens with two attached hydrogens (primary N) is 1. The number of halogens is 3. The van der Waals surface area contributed by atoms with Gasteiger partial charge in [-0.3, -0.25) is 0 Å². The van der Waals surface area contributed by atoms with Gasteiger partial charge in [0.1, 0.15) is 0 Å². The van der Waals surface area contributed by atoms with Gasteiger partial charge in [0.2, 0.25) is 0 Å². The van der Waals surface area contributed by atoms with Crippen LogP contribution in [0.2, 0.25) is 0 Å². The highest BCUT2D eigenvalue weighted by Gasteiger charge is 2.32. The van der Waals surface area contributed by atoms with Crippen molar-refractivity contribution in [2.45, 2.75) is 51.2 Å². The van der Waals surface area contributed by atoms with Gasteiger partial charge in [0.15, 0.2) is 0 Å². The summed E-state index contributed by atoms with van der Waals surface area (Å²) in [5.41, 5.74) is 7.24. The summed E-state index contributed by atoms with van der Waals surface area (Å²) in [6.45, 7) is 3.93. The van der Waals surface area contributed by atoms with Crippen LogP contribution in [0.25, 0.3) is 0 Å². The van der Waals surface area contributed by atoms with Crippen molar-refractivity contribution in [1.82, 2.24) is 0 Å². The summed E-state index contributed by atoms with van der Waals surface area (Å²) in [5, 5.41) is 0. The molecule has 0 radical (unpaired) electrons. The second-order valence-corrected chi connectivity index (χ2v) is 5.76. The third kappa shape index (κ3) is 3.11. The number of hydrogen-bond donors (Lipinski definition) is 1. The number of alkyl halides is 3. The van der Waals surface area contributed by atoms with E-state index in [2.05, 4.69) is 6.92 Å². The van der Waals surface area contributed by atoms with Gasteiger partial charge in [-0.25, -0.2) is 0 Å². The molecule has 1 aromatic carbocycles. The Balaban J connectivity index is 2.30. The number of aryl methyl sites for hydroxylation is 1. The number of rotatable bonds is 1. The fraction of sp³-hybridized carbons (Fsp3) is 0.600. The summed E-state index contributed by atoms with van der Waals surface area (Å²) in [4.78, 5) is 0. The van der Waals surface area contributed by atoms with Crippen LogP contribution < -0.4 is 5.73 Å². The van der Waals surface area contributed by atoms with Gasteiger partial charge in [-0.05, 0) is 61.3 Å². The molecule has 3 atom stereocenters. The minimum Gasteiger partial charge on any atom is -0.327 e. The molecule has 1 aromatic rings. The lowest BCUT2D eigenvalue weighted by molar-refractivity contribution is -0.137. The highest BCUT2D eigenvalue weighted by molar-refractivity contribution is 5.36. The molecule has 1 aliphatic rings. The zero-order valence-corrected chi connectivity index (χ0v) is 11.3. The summed E-state index contributed by atoms with van der Waals surface area (Å²) in [6.07, 6.45) is -1.25. The average molecular weight is 271 g/mol. The Kier molecular flexibility index (Phi) is 3.90. The molecule has 1 aliphatic carbocycles. The second-order valence-electron chi connectivity index (χ2n) is 5.76. The summed E-state index contributed by atoms with van der Waals surface area (Å²) in [5.74, 6) is 0.775. The zero-order chi connectivity index (χ0) is 14.2. The maximum Gasteiger partial charge on any atom is 0.416 e. The van der Waals surface area contributed by atoms with Gasteiger partial charge < -0.3 is 5.73 Å². The van der Waals surface area contributed by atoms with E-state index in [-0.39, 0.29) is 12.0 Å². The van der Waals surface area contributed by atoms with Crippen LogP contribution in [0.4, 0.5) is 13.2 Å². The molecule has 0 amide bonds. The van der Waals surface area contributed by atoms with Crippen molar-refractivity contribution in [3.8, 4) is 0 Å². The molecular weight excluding hydrogens is 251 g/mol. The lowest BCUT2D eigenvalue weighted by Crippen LogP contribution is -2.34.